The van der Waals surface area contributed by atoms with Gasteiger partial charge in [-0.15, -0.1) is 0 Å². The van der Waals surface area contributed by atoms with Crippen LogP contribution in [0.15, 0.2) is 59.9 Å². The maximum Gasteiger partial charge on any atom is 0.459 e. The molecule has 222 valence electrons. The zero-order valence-electron chi connectivity index (χ0n) is 23.2. The first-order valence-corrected chi connectivity index (χ1v) is 14.7. The molecular weight excluding hydrogens is 569 g/mol. The monoisotopic (exact) mass is 599 g/mol. The predicted molar refractivity (Wildman–Crippen MR) is 150 cm³/mol. The van der Waals surface area contributed by atoms with E-state index in [-0.39, 0.29) is 16.9 Å². The first kappa shape index (κ1) is 29.5. The zero-order chi connectivity index (χ0) is 30.2. The normalized spacial score (nSPS) is 21.9. The van der Waals surface area contributed by atoms with Crippen LogP contribution in [0.1, 0.15) is 33.9 Å². The second-order valence-corrected chi connectivity index (χ2v) is 11.7. The lowest BCUT2D eigenvalue weighted by atomic mass is 10.1. The summed E-state index contributed by atoms with van der Waals surface area (Å²) in [6.45, 7) is 6.21. The molecule has 0 radical (unpaired) electrons. The molecule has 3 N–H and O–H groups in total. The number of aliphatic hydroxyl groups excluding tert-OH is 1. The minimum Gasteiger partial charge on any atom is -0.462 e. The van der Waals surface area contributed by atoms with Crippen molar-refractivity contribution in [1.29, 1.82) is 0 Å². The highest BCUT2D eigenvalue weighted by Crippen LogP contribution is 2.49. The molecule has 2 aromatic heterocycles. The average Bonchev–Trinajstić information content (AvgIpc) is 3.50. The summed E-state index contributed by atoms with van der Waals surface area (Å²) in [5.41, 5.74) is -0.421. The van der Waals surface area contributed by atoms with Gasteiger partial charge in [-0.05, 0) is 39.1 Å². The summed E-state index contributed by atoms with van der Waals surface area (Å²) in [5.74, 6) is -1.25. The van der Waals surface area contributed by atoms with E-state index in [0.29, 0.717) is 5.39 Å². The fraction of sp³-hybridized carbons (Fsp3) is 0.370. The van der Waals surface area contributed by atoms with Crippen molar-refractivity contribution in [2.24, 2.45) is 0 Å². The number of rotatable bonds is 10. The number of carbonyl (C=O) groups excluding carboxylic acids is 2. The van der Waals surface area contributed by atoms with Gasteiger partial charge in [0, 0.05) is 5.39 Å². The third-order valence-corrected chi connectivity index (χ3v) is 8.27. The Bertz CT molecular complexity index is 1730. The Morgan fingerprint density at radius 2 is 1.86 bits per heavy atom. The summed E-state index contributed by atoms with van der Waals surface area (Å²) < 4.78 is 38.4. The number of ketones is 1. The van der Waals surface area contributed by atoms with E-state index >= 15 is 0 Å². The number of esters is 1. The van der Waals surface area contributed by atoms with Crippen LogP contribution >= 0.6 is 7.75 Å². The average molecular weight is 600 g/mol. The molecule has 0 spiro atoms. The van der Waals surface area contributed by atoms with Gasteiger partial charge in [0.05, 0.1) is 18.8 Å². The summed E-state index contributed by atoms with van der Waals surface area (Å²) >= 11 is 0. The Balaban J connectivity index is 1.42. The lowest BCUT2D eigenvalue weighted by Gasteiger charge is -2.28. The van der Waals surface area contributed by atoms with E-state index in [4.69, 9.17) is 18.5 Å². The van der Waals surface area contributed by atoms with Gasteiger partial charge < -0.3 is 24.1 Å². The summed E-state index contributed by atoms with van der Waals surface area (Å²) in [7, 11) is -4.42. The summed E-state index contributed by atoms with van der Waals surface area (Å²) in [5, 5.41) is 14.8. The second-order valence-electron chi connectivity index (χ2n) is 10.1. The maximum absolute atomic E-state index is 14.2. The molecule has 15 heteroatoms. The van der Waals surface area contributed by atoms with Gasteiger partial charge in [0.2, 0.25) is 0 Å². The standard InChI is InChI=1S/C27H30N5O9P/c1-14(2)38-27(36)15(3)31-42(37,41-19-11-7-9-17-8-5-6-10-18(17)19)40-16(4)23-21(33)22(34)26(39-23)32-13-30-20-24(32)28-12-29-25(20)35/h5-16,22-23,26,34H,1-4H3,(H,31,37)(H,28,29,35). The first-order valence-electron chi connectivity index (χ1n) is 13.2. The molecule has 1 aliphatic heterocycles. The number of aromatic nitrogens is 4. The van der Waals surface area contributed by atoms with Crippen LogP contribution < -0.4 is 15.2 Å². The van der Waals surface area contributed by atoms with Crippen molar-refractivity contribution in [1.82, 2.24) is 24.6 Å². The molecule has 2 aromatic carbocycles. The van der Waals surface area contributed by atoms with Crippen LogP contribution in [0.3, 0.4) is 0 Å². The fourth-order valence-electron chi connectivity index (χ4n) is 4.59. The van der Waals surface area contributed by atoms with Gasteiger partial charge in [-0.25, -0.2) is 14.5 Å². The van der Waals surface area contributed by atoms with Gasteiger partial charge in [-0.2, -0.15) is 5.09 Å². The third-order valence-electron chi connectivity index (χ3n) is 6.52. The molecule has 42 heavy (non-hydrogen) atoms. The highest BCUT2D eigenvalue weighted by molar-refractivity contribution is 7.52. The molecule has 6 unspecified atom stereocenters. The molecule has 0 amide bonds. The minimum absolute atomic E-state index is 0.00652. The SMILES string of the molecule is CC(C)OC(=O)C(C)NP(=O)(Oc1cccc2ccccc12)OC(C)C1OC(n2cnc3c(=O)[nH]cnc32)C(O)C1=O. The summed E-state index contributed by atoms with van der Waals surface area (Å²) in [6, 6.07) is 11.3. The highest BCUT2D eigenvalue weighted by atomic mass is 31.2. The molecule has 5 rings (SSSR count). The number of hydrogen-bond acceptors (Lipinski definition) is 11. The lowest BCUT2D eigenvalue weighted by molar-refractivity contribution is -0.149. The molecule has 3 heterocycles. The highest BCUT2D eigenvalue weighted by Gasteiger charge is 2.49. The van der Waals surface area contributed by atoms with Crippen LogP contribution in [0.2, 0.25) is 0 Å². The number of aliphatic hydroxyl groups is 1. The van der Waals surface area contributed by atoms with Crippen molar-refractivity contribution in [3.05, 3.63) is 65.5 Å². The molecule has 1 saturated heterocycles. The Kier molecular flexibility index (Phi) is 8.26. The number of ether oxygens (including phenoxy) is 2. The Labute approximate surface area is 239 Å². The number of benzene rings is 2. The molecule has 0 saturated carbocycles. The van der Waals surface area contributed by atoms with E-state index in [1.807, 2.05) is 18.2 Å². The van der Waals surface area contributed by atoms with E-state index in [1.165, 1.54) is 24.7 Å². The van der Waals surface area contributed by atoms with E-state index in [9.17, 15) is 24.1 Å². The predicted octanol–water partition coefficient (Wildman–Crippen LogP) is 2.62. The number of nitrogens with one attached hydrogen (secondary N) is 2. The Hall–Kier alpha value is -3.94. The number of aromatic amines is 1. The Morgan fingerprint density at radius 1 is 1.12 bits per heavy atom. The Morgan fingerprint density at radius 3 is 2.62 bits per heavy atom. The summed E-state index contributed by atoms with van der Waals surface area (Å²) in [4.78, 5) is 48.2. The second kappa shape index (κ2) is 11.7. The quantitative estimate of drug-likeness (QED) is 0.179. The molecule has 14 nitrogen and oxygen atoms in total. The van der Waals surface area contributed by atoms with Gasteiger partial charge in [-0.3, -0.25) is 23.5 Å². The van der Waals surface area contributed by atoms with Crippen molar-refractivity contribution in [3.8, 4) is 5.75 Å². The number of imidazole rings is 1. The molecule has 4 aromatic rings. The number of fused-ring (bicyclic) bond motifs is 2. The summed E-state index contributed by atoms with van der Waals surface area (Å²) in [6.07, 6.45) is -3.66. The van der Waals surface area contributed by atoms with Gasteiger partial charge >= 0.3 is 13.7 Å². The first-order chi connectivity index (χ1) is 20.0. The van der Waals surface area contributed by atoms with E-state index < -0.39 is 61.7 Å². The van der Waals surface area contributed by atoms with E-state index in [0.717, 1.165) is 11.7 Å². The van der Waals surface area contributed by atoms with Crippen LogP contribution in [-0.2, 0) is 28.2 Å². The van der Waals surface area contributed by atoms with Crippen LogP contribution in [0.5, 0.6) is 5.75 Å². The van der Waals surface area contributed by atoms with Crippen molar-refractivity contribution in [2.75, 3.05) is 0 Å². The molecule has 0 aliphatic carbocycles. The number of H-pyrrole nitrogens is 1. The lowest BCUT2D eigenvalue weighted by Crippen LogP contribution is -2.39. The zero-order valence-corrected chi connectivity index (χ0v) is 24.1. The van der Waals surface area contributed by atoms with Gasteiger partial charge in [0.15, 0.2) is 29.3 Å². The minimum atomic E-state index is -4.42. The molecule has 0 bridgehead atoms. The van der Waals surface area contributed by atoms with E-state index in [2.05, 4.69) is 20.0 Å². The molecule has 1 aliphatic rings. The van der Waals surface area contributed by atoms with Gasteiger partial charge in [0.25, 0.3) is 5.56 Å². The molecular formula is C27H30N5O9P. The fourth-order valence-corrected chi connectivity index (χ4v) is 6.29. The van der Waals surface area contributed by atoms with Crippen molar-refractivity contribution < 1.29 is 37.8 Å². The van der Waals surface area contributed by atoms with Gasteiger partial charge in [0.1, 0.15) is 24.0 Å². The third kappa shape index (κ3) is 5.85. The van der Waals surface area contributed by atoms with E-state index in [1.54, 1.807) is 38.1 Å². The smallest absolute Gasteiger partial charge is 0.459 e. The largest absolute Gasteiger partial charge is 0.462 e. The van der Waals surface area contributed by atoms with Crippen molar-refractivity contribution in [3.63, 3.8) is 0 Å². The van der Waals surface area contributed by atoms with Crippen molar-refractivity contribution >= 4 is 41.4 Å². The number of Topliss-reactive ketones (excluding diaryl/α,β-unsaturated/α-hetero) is 1. The van der Waals surface area contributed by atoms with Crippen LogP contribution in [-0.4, -0.2) is 66.8 Å². The molecule has 6 atom stereocenters. The van der Waals surface area contributed by atoms with Crippen LogP contribution in [0.4, 0.5) is 0 Å². The number of hydrogen-bond donors (Lipinski definition) is 3. The topological polar surface area (TPSA) is 184 Å². The molecule has 1 fully saturated rings. The van der Waals surface area contributed by atoms with Gasteiger partial charge in [-0.1, -0.05) is 36.4 Å². The number of carbonyl (C=O) groups is 2. The maximum atomic E-state index is 14.2. The number of nitrogens with zero attached hydrogens (tertiary/aromatic N) is 3. The van der Waals surface area contributed by atoms with Crippen LogP contribution in [0.25, 0.3) is 21.9 Å². The van der Waals surface area contributed by atoms with Crippen molar-refractivity contribution in [2.45, 2.75) is 64.4 Å². The van der Waals surface area contributed by atoms with Crippen LogP contribution in [0, 0.1) is 0 Å².